The van der Waals surface area contributed by atoms with Crippen LogP contribution in [0.15, 0.2) is 60.9 Å². The number of primary amides is 2. The molecule has 2 aromatic heterocycles. The van der Waals surface area contributed by atoms with E-state index in [9.17, 15) is 14.2 Å². The quantitative estimate of drug-likeness (QED) is 0.454. The lowest BCUT2D eigenvalue weighted by molar-refractivity contribution is 0.0989. The summed E-state index contributed by atoms with van der Waals surface area (Å²) in [6.45, 7) is 0. The Labute approximate surface area is 170 Å². The lowest BCUT2D eigenvalue weighted by Gasteiger charge is -2.12. The average molecular weight is 422 g/mol. The van der Waals surface area contributed by atoms with Gasteiger partial charge in [-0.15, -0.1) is 0 Å². The van der Waals surface area contributed by atoms with Crippen molar-refractivity contribution in [2.45, 2.75) is 0 Å². The molecule has 4 aromatic rings. The number of benzene rings is 2. The number of pyridine rings is 2. The zero-order valence-electron chi connectivity index (χ0n) is 15.4. The highest BCUT2D eigenvalue weighted by molar-refractivity contribution is 7.34. The monoisotopic (exact) mass is 422 g/mol. The highest BCUT2D eigenvalue weighted by Gasteiger charge is 2.15. The zero-order chi connectivity index (χ0) is 21.3. The van der Waals surface area contributed by atoms with Crippen molar-refractivity contribution in [3.63, 3.8) is 0 Å². The molecule has 0 aliphatic heterocycles. The first-order valence-electron chi connectivity index (χ1n) is 8.70. The van der Waals surface area contributed by atoms with Crippen molar-refractivity contribution >= 4 is 41.6 Å². The Morgan fingerprint density at radius 1 is 0.700 bits per heavy atom. The normalized spacial score (nSPS) is 11.0. The number of aromatic nitrogens is 2. The van der Waals surface area contributed by atoms with Gasteiger partial charge < -0.3 is 20.5 Å². The fourth-order valence-electron chi connectivity index (χ4n) is 3.13. The summed E-state index contributed by atoms with van der Waals surface area (Å²) in [6.07, 6.45) is 2.83. The number of hydrogen-bond donors (Lipinski definition) is 2. The number of carbonyl (C=O) groups is 2. The van der Waals surface area contributed by atoms with Gasteiger partial charge in [-0.3, -0.25) is 19.6 Å². The highest BCUT2D eigenvalue weighted by Crippen LogP contribution is 2.38. The molecule has 0 unspecified atom stereocenters. The van der Waals surface area contributed by atoms with E-state index < -0.39 is 20.1 Å². The van der Waals surface area contributed by atoms with E-state index in [0.717, 1.165) is 0 Å². The van der Waals surface area contributed by atoms with E-state index in [1.165, 1.54) is 12.4 Å². The molecule has 0 spiro atoms. The zero-order valence-corrected chi connectivity index (χ0v) is 16.4. The maximum atomic E-state index is 12.6. The van der Waals surface area contributed by atoms with Crippen LogP contribution in [0.25, 0.3) is 21.5 Å². The molecule has 2 aromatic carbocycles. The maximum Gasteiger partial charge on any atom is 0.419 e. The fourth-order valence-corrected chi connectivity index (χ4v) is 3.88. The van der Waals surface area contributed by atoms with Gasteiger partial charge in [0.05, 0.1) is 0 Å². The third-order valence-electron chi connectivity index (χ3n) is 4.39. The molecule has 4 N–H and O–H groups in total. The topological polar surface area (TPSA) is 147 Å². The van der Waals surface area contributed by atoms with Gasteiger partial charge in [0.25, 0.3) is 11.8 Å². The number of nitrogens with zero attached hydrogens (tertiary/aromatic N) is 2. The number of amides is 2. The molecule has 0 saturated heterocycles. The molecular formula is C20H15N4O5P. The number of rotatable bonds is 6. The van der Waals surface area contributed by atoms with E-state index in [0.29, 0.717) is 21.5 Å². The first-order valence-corrected chi connectivity index (χ1v) is 9.93. The molecule has 0 aliphatic rings. The molecule has 30 heavy (non-hydrogen) atoms. The second-order valence-electron chi connectivity index (χ2n) is 6.20. The molecule has 0 bridgehead atoms. The Morgan fingerprint density at radius 3 is 1.53 bits per heavy atom. The van der Waals surface area contributed by atoms with Crippen LogP contribution in [-0.4, -0.2) is 21.8 Å². The summed E-state index contributed by atoms with van der Waals surface area (Å²) in [5, 5.41) is 1.97. The van der Waals surface area contributed by atoms with Crippen molar-refractivity contribution in [1.29, 1.82) is 0 Å². The van der Waals surface area contributed by atoms with Crippen LogP contribution >= 0.6 is 8.25 Å². The summed E-state index contributed by atoms with van der Waals surface area (Å²) in [5.74, 6) is -0.866. The van der Waals surface area contributed by atoms with E-state index in [4.69, 9.17) is 20.5 Å². The summed E-state index contributed by atoms with van der Waals surface area (Å²) < 4.78 is 23.7. The smallest absolute Gasteiger partial charge is 0.417 e. The summed E-state index contributed by atoms with van der Waals surface area (Å²) in [7, 11) is -3.06. The van der Waals surface area contributed by atoms with Gasteiger partial charge in [0.1, 0.15) is 22.9 Å². The van der Waals surface area contributed by atoms with Crippen molar-refractivity contribution in [2.75, 3.05) is 0 Å². The maximum absolute atomic E-state index is 12.6. The van der Waals surface area contributed by atoms with Crippen molar-refractivity contribution in [3.05, 3.63) is 72.3 Å². The van der Waals surface area contributed by atoms with Crippen LogP contribution in [0.1, 0.15) is 21.0 Å². The molecule has 2 amide bonds. The van der Waals surface area contributed by atoms with Crippen molar-refractivity contribution in [3.8, 4) is 11.5 Å². The molecule has 4 rings (SSSR count). The lowest BCUT2D eigenvalue weighted by Crippen LogP contribution is -2.13. The summed E-state index contributed by atoms with van der Waals surface area (Å²) >= 11 is 0. The van der Waals surface area contributed by atoms with Crippen molar-refractivity contribution in [2.24, 2.45) is 11.5 Å². The van der Waals surface area contributed by atoms with Gasteiger partial charge in [-0.25, -0.2) is 4.57 Å². The summed E-state index contributed by atoms with van der Waals surface area (Å²) in [6, 6.07) is 13.0. The average Bonchev–Trinajstić information content (AvgIpc) is 2.73. The van der Waals surface area contributed by atoms with Crippen LogP contribution in [0.2, 0.25) is 0 Å². The molecule has 0 fully saturated rings. The minimum Gasteiger partial charge on any atom is -0.417 e. The van der Waals surface area contributed by atoms with Crippen LogP contribution in [-0.2, 0) is 4.57 Å². The first-order chi connectivity index (χ1) is 14.5. The molecule has 0 radical (unpaired) electrons. The number of hydrogen-bond acceptors (Lipinski definition) is 7. The van der Waals surface area contributed by atoms with Gasteiger partial charge in [-0.2, -0.15) is 0 Å². The molecule has 150 valence electrons. The molecular weight excluding hydrogens is 407 g/mol. The Morgan fingerprint density at radius 2 is 1.13 bits per heavy atom. The van der Waals surface area contributed by atoms with E-state index in [1.54, 1.807) is 48.5 Å². The highest BCUT2D eigenvalue weighted by atomic mass is 31.1. The molecule has 2 heterocycles. The Hall–Kier alpha value is -3.97. The SMILES string of the molecule is NC(=O)c1nccc2c(O[PH](=O)Oc3cccc4c(C(N)=O)nccc34)cccc12. The van der Waals surface area contributed by atoms with Gasteiger partial charge in [0.2, 0.25) is 0 Å². The van der Waals surface area contributed by atoms with Crippen LogP contribution in [0.3, 0.4) is 0 Å². The third-order valence-corrected chi connectivity index (χ3v) is 5.16. The second-order valence-corrected chi connectivity index (χ2v) is 7.11. The van der Waals surface area contributed by atoms with E-state index in [2.05, 4.69) is 9.97 Å². The van der Waals surface area contributed by atoms with E-state index in [1.807, 2.05) is 0 Å². The third kappa shape index (κ3) is 3.54. The summed E-state index contributed by atoms with van der Waals surface area (Å²) in [5.41, 5.74) is 10.9. The molecule has 9 nitrogen and oxygen atoms in total. The fraction of sp³-hybridized carbons (Fsp3) is 0. The first kappa shape index (κ1) is 19.4. The molecule has 0 atom stereocenters. The van der Waals surface area contributed by atoms with Gasteiger partial charge in [0.15, 0.2) is 0 Å². The van der Waals surface area contributed by atoms with Crippen molar-refractivity contribution < 1.29 is 23.2 Å². The predicted octanol–water partition coefficient (Wildman–Crippen LogP) is 2.83. The van der Waals surface area contributed by atoms with Crippen LogP contribution in [0, 0.1) is 0 Å². The number of fused-ring (bicyclic) bond motifs is 2. The van der Waals surface area contributed by atoms with Crippen LogP contribution < -0.4 is 20.5 Å². The van der Waals surface area contributed by atoms with Gasteiger partial charge >= 0.3 is 8.25 Å². The summed E-state index contributed by atoms with van der Waals surface area (Å²) in [4.78, 5) is 31.1. The van der Waals surface area contributed by atoms with E-state index >= 15 is 0 Å². The molecule has 0 aliphatic carbocycles. The van der Waals surface area contributed by atoms with E-state index in [-0.39, 0.29) is 22.9 Å². The Kier molecular flexibility index (Phi) is 5.04. The van der Waals surface area contributed by atoms with Gasteiger partial charge in [-0.1, -0.05) is 24.3 Å². The largest absolute Gasteiger partial charge is 0.419 e. The Balaban J connectivity index is 1.67. The number of nitrogens with two attached hydrogens (primary N) is 2. The second kappa shape index (κ2) is 7.81. The molecule has 0 saturated carbocycles. The van der Waals surface area contributed by atoms with Gasteiger partial charge in [0, 0.05) is 33.9 Å². The minimum absolute atomic E-state index is 0.0825. The minimum atomic E-state index is -3.06. The lowest BCUT2D eigenvalue weighted by atomic mass is 10.1. The van der Waals surface area contributed by atoms with Gasteiger partial charge in [-0.05, 0) is 24.3 Å². The van der Waals surface area contributed by atoms with Crippen molar-refractivity contribution in [1.82, 2.24) is 9.97 Å². The molecule has 10 heteroatoms. The van der Waals surface area contributed by atoms with Crippen LogP contribution in [0.5, 0.6) is 11.5 Å². The van der Waals surface area contributed by atoms with Crippen LogP contribution in [0.4, 0.5) is 0 Å². The predicted molar refractivity (Wildman–Crippen MR) is 111 cm³/mol. The number of carbonyl (C=O) groups excluding carboxylic acids is 2. The Bertz CT molecular complexity index is 1240. The standard InChI is InChI=1S/C20H15N4O5P/c21-19(25)17-13-3-1-5-15(11(13)7-9-23-17)28-30(27)29-16-6-2-4-14-12(16)8-10-24-18(14)20(22)26/h1-10,30H,(H2,21,25)(H2,22,26).